The summed E-state index contributed by atoms with van der Waals surface area (Å²) in [7, 11) is 0. The van der Waals surface area contributed by atoms with E-state index in [4.69, 9.17) is 9.40 Å². The minimum absolute atomic E-state index is 0.624. The molecule has 0 saturated heterocycles. The van der Waals surface area contributed by atoms with E-state index in [0.717, 1.165) is 43.7 Å². The number of aromatic nitrogens is 1. The van der Waals surface area contributed by atoms with Crippen molar-refractivity contribution in [3.63, 3.8) is 0 Å². The molecule has 0 amide bonds. The summed E-state index contributed by atoms with van der Waals surface area (Å²) in [5, 5.41) is 3.38. The molecule has 120 valence electrons. The Morgan fingerprint density at radius 1 is 1.38 bits per heavy atom. The Labute approximate surface area is 129 Å². The van der Waals surface area contributed by atoms with Gasteiger partial charge in [0.2, 0.25) is 0 Å². The molecule has 1 aliphatic carbocycles. The van der Waals surface area contributed by atoms with Crippen LogP contribution in [-0.4, -0.2) is 24.1 Å². The maximum absolute atomic E-state index is 5.78. The quantitative estimate of drug-likeness (QED) is 0.699. The summed E-state index contributed by atoms with van der Waals surface area (Å²) < 4.78 is 5.78. The highest BCUT2D eigenvalue weighted by molar-refractivity contribution is 5.29. The second kappa shape index (κ2) is 8.42. The molecule has 21 heavy (non-hydrogen) atoms. The molecule has 0 unspecified atom stereocenters. The maximum Gasteiger partial charge on any atom is 0.297 e. The minimum atomic E-state index is 0.624. The summed E-state index contributed by atoms with van der Waals surface area (Å²) >= 11 is 0. The van der Waals surface area contributed by atoms with Gasteiger partial charge in [0.05, 0.1) is 5.69 Å². The lowest BCUT2D eigenvalue weighted by atomic mass is 10.1. The van der Waals surface area contributed by atoms with Gasteiger partial charge in [0, 0.05) is 19.1 Å². The molecular formula is C17H31N3O. The number of oxazole rings is 1. The van der Waals surface area contributed by atoms with Crippen LogP contribution < -0.4 is 10.2 Å². The fourth-order valence-corrected chi connectivity index (χ4v) is 2.95. The van der Waals surface area contributed by atoms with E-state index in [-0.39, 0.29) is 0 Å². The van der Waals surface area contributed by atoms with Crippen molar-refractivity contribution in [2.24, 2.45) is 5.92 Å². The highest BCUT2D eigenvalue weighted by atomic mass is 16.4. The van der Waals surface area contributed by atoms with Gasteiger partial charge in [-0.2, -0.15) is 4.98 Å². The lowest BCUT2D eigenvalue weighted by Crippen LogP contribution is -2.35. The summed E-state index contributed by atoms with van der Waals surface area (Å²) in [5.74, 6) is 0.717. The molecule has 0 radical (unpaired) electrons. The molecule has 1 heterocycles. The highest BCUT2D eigenvalue weighted by Crippen LogP contribution is 2.28. The summed E-state index contributed by atoms with van der Waals surface area (Å²) in [4.78, 5) is 7.11. The molecule has 4 nitrogen and oxygen atoms in total. The monoisotopic (exact) mass is 293 g/mol. The smallest absolute Gasteiger partial charge is 0.297 e. The van der Waals surface area contributed by atoms with Crippen molar-refractivity contribution in [1.29, 1.82) is 0 Å². The zero-order chi connectivity index (χ0) is 15.1. The zero-order valence-electron chi connectivity index (χ0n) is 13.9. The van der Waals surface area contributed by atoms with Crippen molar-refractivity contribution in [3.8, 4) is 0 Å². The molecular weight excluding hydrogens is 262 g/mol. The van der Waals surface area contributed by atoms with Crippen LogP contribution in [0.5, 0.6) is 0 Å². The second-order valence-corrected chi connectivity index (χ2v) is 6.61. The minimum Gasteiger partial charge on any atom is -0.432 e. The molecule has 0 aromatic carbocycles. The van der Waals surface area contributed by atoms with E-state index in [1.165, 1.54) is 32.1 Å². The SMILES string of the molecule is CCCNCc1coc(N(CCC(C)C)C2CCCC2)n1. The Morgan fingerprint density at radius 3 is 2.81 bits per heavy atom. The predicted octanol–water partition coefficient (Wildman–Crippen LogP) is 3.97. The topological polar surface area (TPSA) is 41.3 Å². The Bertz CT molecular complexity index is 396. The van der Waals surface area contributed by atoms with Gasteiger partial charge in [-0.15, -0.1) is 0 Å². The third-order valence-corrected chi connectivity index (χ3v) is 4.23. The first-order valence-corrected chi connectivity index (χ1v) is 8.62. The molecule has 1 N–H and O–H groups in total. The van der Waals surface area contributed by atoms with Gasteiger partial charge in [-0.05, 0) is 38.1 Å². The van der Waals surface area contributed by atoms with Crippen LogP contribution in [0.4, 0.5) is 6.01 Å². The summed E-state index contributed by atoms with van der Waals surface area (Å²) in [5.41, 5.74) is 1.02. The molecule has 1 saturated carbocycles. The van der Waals surface area contributed by atoms with Gasteiger partial charge in [-0.1, -0.05) is 33.6 Å². The number of nitrogens with zero attached hydrogens (tertiary/aromatic N) is 2. The number of rotatable bonds is 9. The van der Waals surface area contributed by atoms with E-state index in [1.54, 1.807) is 0 Å². The van der Waals surface area contributed by atoms with Gasteiger partial charge in [0.25, 0.3) is 6.01 Å². The van der Waals surface area contributed by atoms with Crippen LogP contribution in [0.25, 0.3) is 0 Å². The fourth-order valence-electron chi connectivity index (χ4n) is 2.95. The Morgan fingerprint density at radius 2 is 2.14 bits per heavy atom. The first kappa shape index (κ1) is 16.3. The molecule has 1 aromatic heterocycles. The average molecular weight is 293 g/mol. The largest absolute Gasteiger partial charge is 0.432 e. The summed E-state index contributed by atoms with van der Waals surface area (Å²) in [6.07, 6.45) is 9.40. The third-order valence-electron chi connectivity index (χ3n) is 4.23. The van der Waals surface area contributed by atoms with Crippen molar-refractivity contribution < 1.29 is 4.42 Å². The zero-order valence-corrected chi connectivity index (χ0v) is 13.9. The predicted molar refractivity (Wildman–Crippen MR) is 87.6 cm³/mol. The first-order chi connectivity index (χ1) is 10.2. The Hall–Kier alpha value is -1.03. The van der Waals surface area contributed by atoms with Crippen molar-refractivity contribution in [2.75, 3.05) is 18.0 Å². The second-order valence-electron chi connectivity index (χ2n) is 6.61. The molecule has 1 fully saturated rings. The van der Waals surface area contributed by atoms with Crippen molar-refractivity contribution in [3.05, 3.63) is 12.0 Å². The van der Waals surface area contributed by atoms with Crippen LogP contribution in [0.3, 0.4) is 0 Å². The average Bonchev–Trinajstić information content (AvgIpc) is 3.11. The molecule has 0 spiro atoms. The number of nitrogens with one attached hydrogen (secondary N) is 1. The summed E-state index contributed by atoms with van der Waals surface area (Å²) in [6.45, 7) is 9.63. The number of anilines is 1. The van der Waals surface area contributed by atoms with E-state index >= 15 is 0 Å². The van der Waals surface area contributed by atoms with Gasteiger partial charge < -0.3 is 14.6 Å². The number of hydrogen-bond donors (Lipinski definition) is 1. The van der Waals surface area contributed by atoms with Gasteiger partial charge in [-0.3, -0.25) is 0 Å². The molecule has 0 aliphatic heterocycles. The van der Waals surface area contributed by atoms with Crippen LogP contribution in [-0.2, 0) is 6.54 Å². The van der Waals surface area contributed by atoms with Crippen LogP contribution in [0.2, 0.25) is 0 Å². The van der Waals surface area contributed by atoms with Gasteiger partial charge in [0.15, 0.2) is 0 Å². The fraction of sp³-hybridized carbons (Fsp3) is 0.824. The number of hydrogen-bond acceptors (Lipinski definition) is 4. The molecule has 1 aliphatic rings. The highest BCUT2D eigenvalue weighted by Gasteiger charge is 2.26. The van der Waals surface area contributed by atoms with Crippen molar-refractivity contribution >= 4 is 6.01 Å². The molecule has 0 bridgehead atoms. The van der Waals surface area contributed by atoms with E-state index in [1.807, 2.05) is 6.26 Å². The standard InChI is InChI=1S/C17H31N3O/c1-4-10-18-12-15-13-21-17(19-15)20(11-9-14(2)3)16-7-5-6-8-16/h13-14,16,18H,4-12H2,1-3H3. The Kier molecular flexibility index (Phi) is 6.55. The van der Waals surface area contributed by atoms with Crippen LogP contribution in [0.15, 0.2) is 10.7 Å². The van der Waals surface area contributed by atoms with E-state index < -0.39 is 0 Å². The van der Waals surface area contributed by atoms with Crippen LogP contribution >= 0.6 is 0 Å². The maximum atomic E-state index is 5.78. The van der Waals surface area contributed by atoms with E-state index in [2.05, 4.69) is 31.0 Å². The molecule has 2 rings (SSSR count). The van der Waals surface area contributed by atoms with E-state index in [9.17, 15) is 0 Å². The molecule has 1 aromatic rings. The van der Waals surface area contributed by atoms with Crippen molar-refractivity contribution in [1.82, 2.24) is 10.3 Å². The summed E-state index contributed by atoms with van der Waals surface area (Å²) in [6, 6.07) is 1.45. The third kappa shape index (κ3) is 5.03. The first-order valence-electron chi connectivity index (χ1n) is 8.62. The van der Waals surface area contributed by atoms with E-state index in [0.29, 0.717) is 6.04 Å². The normalized spacial score (nSPS) is 16.0. The lowest BCUT2D eigenvalue weighted by Gasteiger charge is -2.28. The van der Waals surface area contributed by atoms with Crippen LogP contribution in [0.1, 0.15) is 65.0 Å². The molecule has 4 heteroatoms. The Balaban J connectivity index is 1.98. The van der Waals surface area contributed by atoms with Crippen LogP contribution in [0, 0.1) is 5.92 Å². The van der Waals surface area contributed by atoms with Gasteiger partial charge >= 0.3 is 0 Å². The van der Waals surface area contributed by atoms with Gasteiger partial charge in [0.1, 0.15) is 6.26 Å². The van der Waals surface area contributed by atoms with Gasteiger partial charge in [-0.25, -0.2) is 0 Å². The van der Waals surface area contributed by atoms with Crippen molar-refractivity contribution in [2.45, 2.75) is 71.9 Å². The lowest BCUT2D eigenvalue weighted by molar-refractivity contribution is 0.466. The molecule has 0 atom stereocenters.